The van der Waals surface area contributed by atoms with Crippen molar-refractivity contribution in [2.45, 2.75) is 31.8 Å². The normalized spacial score (nSPS) is 12.1. The number of thiazole rings is 1. The second-order valence-corrected chi connectivity index (χ2v) is 7.63. The van der Waals surface area contributed by atoms with Gasteiger partial charge in [0.05, 0.1) is 17.9 Å². The van der Waals surface area contributed by atoms with Crippen molar-refractivity contribution in [2.75, 3.05) is 7.05 Å². The maximum atomic E-state index is 12.3. The van der Waals surface area contributed by atoms with Crippen molar-refractivity contribution < 1.29 is 9.00 Å². The largest absolute Gasteiger partial charge is 0.359 e. The number of carbonyl (C=O) groups is 1. The van der Waals surface area contributed by atoms with Gasteiger partial charge in [-0.15, -0.1) is 11.3 Å². The van der Waals surface area contributed by atoms with Crippen molar-refractivity contribution in [2.24, 2.45) is 0 Å². The number of hydrogen-bond acceptors (Lipinski definition) is 4. The number of carbonyl (C=O) groups excluding carboxylic acids is 1. The quantitative estimate of drug-likeness (QED) is 0.882. The van der Waals surface area contributed by atoms with Gasteiger partial charge in [-0.05, 0) is 30.5 Å². The zero-order valence-corrected chi connectivity index (χ0v) is 14.6. The average molecular weight is 336 g/mol. The van der Waals surface area contributed by atoms with E-state index in [1.807, 2.05) is 11.4 Å². The molecule has 0 aliphatic heterocycles. The predicted octanol–water partition coefficient (Wildman–Crippen LogP) is 2.50. The topological polar surface area (TPSA) is 59.1 Å². The van der Waals surface area contributed by atoms with Gasteiger partial charge in [-0.25, -0.2) is 4.98 Å². The van der Waals surface area contributed by atoms with E-state index >= 15 is 0 Å². The number of nitrogens with zero attached hydrogens (tertiary/aromatic N) is 1. The van der Waals surface area contributed by atoms with Gasteiger partial charge < -0.3 is 5.32 Å². The molecule has 4 nitrogen and oxygen atoms in total. The van der Waals surface area contributed by atoms with E-state index in [0.29, 0.717) is 11.5 Å². The number of nitrogens with one attached hydrogen (secondary N) is 1. The lowest BCUT2D eigenvalue weighted by molar-refractivity contribution is -0.119. The van der Waals surface area contributed by atoms with Crippen LogP contribution in [0.3, 0.4) is 0 Å². The Labute approximate surface area is 137 Å². The van der Waals surface area contributed by atoms with Gasteiger partial charge in [-0.1, -0.05) is 18.2 Å². The number of aromatic nitrogens is 1. The number of likely N-dealkylation sites (N-methyl/N-ethyl adjacent to an activating group) is 1. The summed E-state index contributed by atoms with van der Waals surface area (Å²) in [6.45, 7) is 4.13. The summed E-state index contributed by atoms with van der Waals surface area (Å²) in [6, 6.07) is 6.18. The molecule has 1 amide bonds. The third kappa shape index (κ3) is 4.74. The standard InChI is InChI=1S/C16H20N2O2S2/c1-11-4-5-13(6-12(11)2)9-22(20)10-14-8-21-16(18-14)7-15(19)17-3/h4-6,8H,7,9-10H2,1-3H3,(H,17,19)/t22-/m0/s1. The van der Waals surface area contributed by atoms with Crippen LogP contribution in [0.25, 0.3) is 0 Å². The summed E-state index contributed by atoms with van der Waals surface area (Å²) in [5, 5.41) is 5.22. The fourth-order valence-corrected chi connectivity index (χ4v) is 4.05. The van der Waals surface area contributed by atoms with Gasteiger partial charge in [0.15, 0.2) is 0 Å². The Morgan fingerprint density at radius 3 is 2.73 bits per heavy atom. The second-order valence-electron chi connectivity index (χ2n) is 5.23. The molecule has 1 aromatic heterocycles. The molecule has 2 rings (SSSR count). The molecule has 2 aromatic rings. The molecular formula is C16H20N2O2S2. The fraction of sp³-hybridized carbons (Fsp3) is 0.375. The van der Waals surface area contributed by atoms with Crippen LogP contribution < -0.4 is 5.32 Å². The van der Waals surface area contributed by atoms with E-state index in [2.05, 4.69) is 36.3 Å². The lowest BCUT2D eigenvalue weighted by Crippen LogP contribution is -2.19. The van der Waals surface area contributed by atoms with E-state index in [4.69, 9.17) is 0 Å². The third-order valence-corrected chi connectivity index (χ3v) is 5.57. The second kappa shape index (κ2) is 7.65. The Kier molecular flexibility index (Phi) is 5.85. The van der Waals surface area contributed by atoms with Crippen molar-refractivity contribution in [3.8, 4) is 0 Å². The molecule has 118 valence electrons. The first-order chi connectivity index (χ1) is 10.5. The molecule has 22 heavy (non-hydrogen) atoms. The lowest BCUT2D eigenvalue weighted by atomic mass is 10.1. The maximum Gasteiger partial charge on any atom is 0.226 e. The molecule has 1 aromatic carbocycles. The number of rotatable bonds is 6. The Balaban J connectivity index is 1.94. The average Bonchev–Trinajstić information content (AvgIpc) is 2.89. The van der Waals surface area contributed by atoms with Gasteiger partial charge in [0, 0.05) is 29.0 Å². The van der Waals surface area contributed by atoms with Crippen LogP contribution >= 0.6 is 11.3 Å². The minimum absolute atomic E-state index is 0.0582. The SMILES string of the molecule is CNC(=O)Cc1nc(C[S@@](=O)Cc2ccc(C)c(C)c2)cs1. The van der Waals surface area contributed by atoms with Crippen LogP contribution in [0.2, 0.25) is 0 Å². The van der Waals surface area contributed by atoms with Crippen molar-refractivity contribution in [3.63, 3.8) is 0 Å². The molecule has 0 aliphatic carbocycles. The van der Waals surface area contributed by atoms with Gasteiger partial charge in [0.2, 0.25) is 5.91 Å². The molecule has 0 aliphatic rings. The fourth-order valence-electron chi connectivity index (χ4n) is 2.02. The highest BCUT2D eigenvalue weighted by Crippen LogP contribution is 2.15. The summed E-state index contributed by atoms with van der Waals surface area (Å²) < 4.78 is 12.3. The molecule has 1 heterocycles. The number of benzene rings is 1. The van der Waals surface area contributed by atoms with Gasteiger partial charge in [0.1, 0.15) is 5.01 Å². The van der Waals surface area contributed by atoms with E-state index in [1.165, 1.54) is 22.5 Å². The first kappa shape index (κ1) is 16.8. The molecule has 0 radical (unpaired) electrons. The monoisotopic (exact) mass is 336 g/mol. The van der Waals surface area contributed by atoms with Gasteiger partial charge in [0.25, 0.3) is 0 Å². The summed E-state index contributed by atoms with van der Waals surface area (Å²) in [4.78, 5) is 15.7. The molecule has 1 N–H and O–H groups in total. The molecule has 6 heteroatoms. The van der Waals surface area contributed by atoms with Gasteiger partial charge in [-0.2, -0.15) is 0 Å². The van der Waals surface area contributed by atoms with Gasteiger partial charge in [-0.3, -0.25) is 9.00 Å². The number of amides is 1. The molecule has 0 spiro atoms. The van der Waals surface area contributed by atoms with Crippen LogP contribution in [0.4, 0.5) is 0 Å². The number of hydrogen-bond donors (Lipinski definition) is 1. The van der Waals surface area contributed by atoms with Crippen LogP contribution in [0.15, 0.2) is 23.6 Å². The minimum Gasteiger partial charge on any atom is -0.359 e. The van der Waals surface area contributed by atoms with Crippen molar-refractivity contribution in [1.29, 1.82) is 0 Å². The smallest absolute Gasteiger partial charge is 0.226 e. The zero-order valence-electron chi connectivity index (χ0n) is 13.0. The van der Waals surface area contributed by atoms with Crippen LogP contribution in [0.5, 0.6) is 0 Å². The molecule has 0 bridgehead atoms. The van der Waals surface area contributed by atoms with E-state index in [1.54, 1.807) is 7.05 Å². The van der Waals surface area contributed by atoms with E-state index in [-0.39, 0.29) is 12.3 Å². The molecule has 0 saturated heterocycles. The summed E-state index contributed by atoms with van der Waals surface area (Å²) in [7, 11) is 0.612. The highest BCUT2D eigenvalue weighted by atomic mass is 32.2. The van der Waals surface area contributed by atoms with Crippen LogP contribution in [0.1, 0.15) is 27.4 Å². The molecular weight excluding hydrogens is 316 g/mol. The Morgan fingerprint density at radius 2 is 2.05 bits per heavy atom. The first-order valence-electron chi connectivity index (χ1n) is 7.03. The van der Waals surface area contributed by atoms with Crippen molar-refractivity contribution in [1.82, 2.24) is 10.3 Å². The van der Waals surface area contributed by atoms with Crippen molar-refractivity contribution >= 4 is 28.0 Å². The van der Waals surface area contributed by atoms with E-state index in [0.717, 1.165) is 16.3 Å². The summed E-state index contributed by atoms with van der Waals surface area (Å²) in [5.74, 6) is 0.901. The highest BCUT2D eigenvalue weighted by Gasteiger charge is 2.10. The van der Waals surface area contributed by atoms with Crippen LogP contribution in [-0.2, 0) is 33.5 Å². The minimum atomic E-state index is -0.994. The Hall–Kier alpha value is -1.53. The molecule has 0 fully saturated rings. The van der Waals surface area contributed by atoms with E-state index < -0.39 is 10.8 Å². The molecule has 0 saturated carbocycles. The van der Waals surface area contributed by atoms with Crippen molar-refractivity contribution in [3.05, 3.63) is 51.0 Å². The third-order valence-electron chi connectivity index (χ3n) is 3.40. The number of aryl methyl sites for hydroxylation is 2. The van der Waals surface area contributed by atoms with Crippen LogP contribution in [0, 0.1) is 13.8 Å². The Bertz CT molecular complexity index is 695. The zero-order chi connectivity index (χ0) is 16.1. The van der Waals surface area contributed by atoms with E-state index in [9.17, 15) is 9.00 Å². The summed E-state index contributed by atoms with van der Waals surface area (Å²) >= 11 is 1.44. The summed E-state index contributed by atoms with van der Waals surface area (Å²) in [5.41, 5.74) is 4.34. The Morgan fingerprint density at radius 1 is 1.27 bits per heavy atom. The maximum absolute atomic E-state index is 12.3. The lowest BCUT2D eigenvalue weighted by Gasteiger charge is -2.05. The predicted molar refractivity (Wildman–Crippen MR) is 91.4 cm³/mol. The highest BCUT2D eigenvalue weighted by molar-refractivity contribution is 7.83. The van der Waals surface area contributed by atoms with Crippen LogP contribution in [-0.4, -0.2) is 22.1 Å². The summed E-state index contributed by atoms with van der Waals surface area (Å²) in [6.07, 6.45) is 0.283. The molecule has 1 atom stereocenters. The van der Waals surface area contributed by atoms with Gasteiger partial charge >= 0.3 is 0 Å². The first-order valence-corrected chi connectivity index (χ1v) is 9.39. The molecule has 0 unspecified atom stereocenters.